The molecule has 92 valence electrons. The maximum absolute atomic E-state index is 9.11. The maximum Gasteiger partial charge on any atom is 0.0518 e. The molecule has 1 aromatic rings. The molecule has 0 aromatic carbocycles. The molecular formula is C12H23N3O. The van der Waals surface area contributed by atoms with Crippen LogP contribution in [0.1, 0.15) is 32.4 Å². The number of hydrogen-bond donors (Lipinski definition) is 2. The lowest BCUT2D eigenvalue weighted by atomic mass is 9.89. The molecule has 0 atom stereocenters. The molecular weight excluding hydrogens is 202 g/mol. The Balaban J connectivity index is 2.11. The van der Waals surface area contributed by atoms with Crippen LogP contribution in [-0.2, 0) is 13.6 Å². The second kappa shape index (κ2) is 6.01. The van der Waals surface area contributed by atoms with Crippen LogP contribution in [0.3, 0.4) is 0 Å². The maximum atomic E-state index is 9.11. The molecule has 4 heteroatoms. The number of aliphatic hydroxyl groups is 1. The van der Waals surface area contributed by atoms with Crippen molar-refractivity contribution in [2.45, 2.75) is 33.2 Å². The zero-order chi connectivity index (χ0) is 12.0. The quantitative estimate of drug-likeness (QED) is 0.688. The minimum Gasteiger partial charge on any atom is -0.396 e. The molecule has 0 unspecified atom stereocenters. The molecule has 0 spiro atoms. The standard InChI is InChI=1S/C12H23N3O/c1-12(2,10-16)6-4-7-13-9-11-5-8-14-15(11)3/h5,8,13,16H,4,6-7,9-10H2,1-3H3. The summed E-state index contributed by atoms with van der Waals surface area (Å²) in [7, 11) is 1.95. The highest BCUT2D eigenvalue weighted by Crippen LogP contribution is 2.20. The number of aliphatic hydroxyl groups excluding tert-OH is 1. The average Bonchev–Trinajstić information content (AvgIpc) is 2.64. The van der Waals surface area contributed by atoms with E-state index in [4.69, 9.17) is 5.11 Å². The lowest BCUT2D eigenvalue weighted by molar-refractivity contribution is 0.148. The minimum absolute atomic E-state index is 0.0498. The summed E-state index contributed by atoms with van der Waals surface area (Å²) in [5, 5.41) is 16.6. The first-order valence-corrected chi connectivity index (χ1v) is 5.84. The Morgan fingerprint density at radius 1 is 1.50 bits per heavy atom. The van der Waals surface area contributed by atoms with Crippen molar-refractivity contribution in [1.82, 2.24) is 15.1 Å². The van der Waals surface area contributed by atoms with Crippen LogP contribution in [-0.4, -0.2) is 28.0 Å². The van der Waals surface area contributed by atoms with Crippen LogP contribution in [0.4, 0.5) is 0 Å². The highest BCUT2D eigenvalue weighted by Gasteiger charge is 2.15. The highest BCUT2D eigenvalue weighted by molar-refractivity contribution is 4.98. The SMILES string of the molecule is Cn1nccc1CNCCCC(C)(C)CO. The first kappa shape index (κ1) is 13.2. The van der Waals surface area contributed by atoms with Crippen LogP contribution in [0.25, 0.3) is 0 Å². The number of nitrogens with one attached hydrogen (secondary N) is 1. The summed E-state index contributed by atoms with van der Waals surface area (Å²) in [4.78, 5) is 0. The van der Waals surface area contributed by atoms with Crippen LogP contribution >= 0.6 is 0 Å². The summed E-state index contributed by atoms with van der Waals surface area (Å²) in [6.07, 6.45) is 3.94. The lowest BCUT2D eigenvalue weighted by Gasteiger charge is -2.21. The van der Waals surface area contributed by atoms with Gasteiger partial charge in [0.15, 0.2) is 0 Å². The van der Waals surface area contributed by atoms with Crippen molar-refractivity contribution in [3.63, 3.8) is 0 Å². The molecule has 2 N–H and O–H groups in total. The fourth-order valence-corrected chi connectivity index (χ4v) is 1.56. The van der Waals surface area contributed by atoms with E-state index in [-0.39, 0.29) is 12.0 Å². The van der Waals surface area contributed by atoms with Crippen molar-refractivity contribution < 1.29 is 5.11 Å². The summed E-state index contributed by atoms with van der Waals surface area (Å²) in [5.74, 6) is 0. The highest BCUT2D eigenvalue weighted by atomic mass is 16.3. The summed E-state index contributed by atoms with van der Waals surface area (Å²) in [6.45, 7) is 6.28. The molecule has 0 amide bonds. The van der Waals surface area contributed by atoms with Crippen LogP contribution in [0, 0.1) is 5.41 Å². The van der Waals surface area contributed by atoms with E-state index in [2.05, 4.69) is 24.3 Å². The molecule has 0 saturated heterocycles. The molecule has 0 fully saturated rings. The smallest absolute Gasteiger partial charge is 0.0518 e. The number of aryl methyl sites for hydroxylation is 1. The molecule has 1 heterocycles. The van der Waals surface area contributed by atoms with Gasteiger partial charge < -0.3 is 10.4 Å². The van der Waals surface area contributed by atoms with Crippen molar-refractivity contribution in [2.75, 3.05) is 13.2 Å². The van der Waals surface area contributed by atoms with E-state index in [1.54, 1.807) is 0 Å². The molecule has 0 aliphatic heterocycles. The van der Waals surface area contributed by atoms with Crippen molar-refractivity contribution in [1.29, 1.82) is 0 Å². The third-order valence-corrected chi connectivity index (χ3v) is 2.86. The monoisotopic (exact) mass is 225 g/mol. The molecule has 0 aliphatic carbocycles. The van der Waals surface area contributed by atoms with Gasteiger partial charge in [-0.15, -0.1) is 0 Å². The van der Waals surface area contributed by atoms with Gasteiger partial charge in [0, 0.05) is 26.4 Å². The van der Waals surface area contributed by atoms with Gasteiger partial charge in [-0.1, -0.05) is 13.8 Å². The van der Waals surface area contributed by atoms with E-state index < -0.39 is 0 Å². The van der Waals surface area contributed by atoms with Gasteiger partial charge >= 0.3 is 0 Å². The Morgan fingerprint density at radius 2 is 2.25 bits per heavy atom. The van der Waals surface area contributed by atoms with Crippen molar-refractivity contribution >= 4 is 0 Å². The minimum atomic E-state index is 0.0498. The summed E-state index contributed by atoms with van der Waals surface area (Å²) in [5.41, 5.74) is 1.25. The average molecular weight is 225 g/mol. The Bertz CT molecular complexity index is 307. The van der Waals surface area contributed by atoms with E-state index in [1.165, 1.54) is 5.69 Å². The molecule has 0 saturated carbocycles. The van der Waals surface area contributed by atoms with Gasteiger partial charge in [0.1, 0.15) is 0 Å². The number of nitrogens with zero attached hydrogens (tertiary/aromatic N) is 2. The van der Waals surface area contributed by atoms with Crippen molar-refractivity contribution in [3.05, 3.63) is 18.0 Å². The van der Waals surface area contributed by atoms with Gasteiger partial charge in [0.2, 0.25) is 0 Å². The first-order valence-electron chi connectivity index (χ1n) is 5.84. The number of aromatic nitrogens is 2. The predicted octanol–water partition coefficient (Wildman–Crippen LogP) is 1.31. The number of rotatable bonds is 7. The van der Waals surface area contributed by atoms with Gasteiger partial charge in [-0.25, -0.2) is 0 Å². The second-order valence-electron chi connectivity index (χ2n) is 5.05. The molecule has 0 aliphatic rings. The molecule has 4 nitrogen and oxygen atoms in total. The Morgan fingerprint density at radius 3 is 2.81 bits per heavy atom. The van der Waals surface area contributed by atoms with Crippen LogP contribution in [0.2, 0.25) is 0 Å². The van der Waals surface area contributed by atoms with Gasteiger partial charge in [0.05, 0.1) is 5.69 Å². The van der Waals surface area contributed by atoms with E-state index in [0.29, 0.717) is 0 Å². The van der Waals surface area contributed by atoms with Crippen LogP contribution in [0.5, 0.6) is 0 Å². The van der Waals surface area contributed by atoms with E-state index in [0.717, 1.165) is 25.9 Å². The zero-order valence-electron chi connectivity index (χ0n) is 10.5. The second-order valence-corrected chi connectivity index (χ2v) is 5.05. The van der Waals surface area contributed by atoms with E-state index in [9.17, 15) is 0 Å². The molecule has 0 bridgehead atoms. The van der Waals surface area contributed by atoms with Crippen molar-refractivity contribution in [2.24, 2.45) is 12.5 Å². The lowest BCUT2D eigenvalue weighted by Crippen LogP contribution is -2.21. The summed E-state index contributed by atoms with van der Waals surface area (Å²) < 4.78 is 1.88. The normalized spacial score (nSPS) is 12.0. The Hall–Kier alpha value is -0.870. The largest absolute Gasteiger partial charge is 0.396 e. The third-order valence-electron chi connectivity index (χ3n) is 2.86. The predicted molar refractivity (Wildman–Crippen MR) is 65.0 cm³/mol. The van der Waals surface area contributed by atoms with Crippen molar-refractivity contribution in [3.8, 4) is 0 Å². The van der Waals surface area contributed by atoms with Gasteiger partial charge in [-0.05, 0) is 30.9 Å². The molecule has 0 radical (unpaired) electrons. The van der Waals surface area contributed by atoms with E-state index in [1.807, 2.05) is 24.0 Å². The third kappa shape index (κ3) is 4.33. The van der Waals surface area contributed by atoms with Gasteiger partial charge in [-0.2, -0.15) is 5.10 Å². The fourth-order valence-electron chi connectivity index (χ4n) is 1.56. The summed E-state index contributed by atoms with van der Waals surface area (Å²) >= 11 is 0. The Labute approximate surface area is 97.7 Å². The van der Waals surface area contributed by atoms with Crippen LogP contribution in [0.15, 0.2) is 12.3 Å². The number of hydrogen-bond acceptors (Lipinski definition) is 3. The van der Waals surface area contributed by atoms with Gasteiger partial charge in [0.25, 0.3) is 0 Å². The van der Waals surface area contributed by atoms with Gasteiger partial charge in [-0.3, -0.25) is 4.68 Å². The molecule has 1 rings (SSSR count). The first-order chi connectivity index (χ1) is 7.55. The Kier molecular flexibility index (Phi) is 4.96. The summed E-state index contributed by atoms with van der Waals surface area (Å²) in [6, 6.07) is 2.02. The van der Waals surface area contributed by atoms with E-state index >= 15 is 0 Å². The van der Waals surface area contributed by atoms with Crippen LogP contribution < -0.4 is 5.32 Å². The topological polar surface area (TPSA) is 50.1 Å². The molecule has 16 heavy (non-hydrogen) atoms. The fraction of sp³-hybridized carbons (Fsp3) is 0.750. The molecule has 1 aromatic heterocycles. The zero-order valence-corrected chi connectivity index (χ0v) is 10.5.